The maximum atomic E-state index is 13.8. The van der Waals surface area contributed by atoms with E-state index in [0.29, 0.717) is 12.0 Å². The van der Waals surface area contributed by atoms with Gasteiger partial charge in [-0.15, -0.1) is 0 Å². The zero-order valence-corrected chi connectivity index (χ0v) is 13.4. The highest BCUT2D eigenvalue weighted by atomic mass is 79.9. The van der Waals surface area contributed by atoms with E-state index in [9.17, 15) is 8.78 Å². The van der Waals surface area contributed by atoms with Crippen LogP contribution in [0.4, 0.5) is 8.78 Å². The Morgan fingerprint density at radius 1 is 1.11 bits per heavy atom. The number of alkyl halides is 1. The number of aryl methyl sites for hydroxylation is 1. The molecule has 0 aliphatic carbocycles. The van der Waals surface area contributed by atoms with Crippen molar-refractivity contribution in [3.05, 3.63) is 69.2 Å². The number of hydrogen-bond donors (Lipinski definition) is 0. The molecule has 0 spiro atoms. The zero-order chi connectivity index (χ0) is 14.0. The molecule has 0 saturated carbocycles. The van der Waals surface area contributed by atoms with Gasteiger partial charge in [0.2, 0.25) is 0 Å². The van der Waals surface area contributed by atoms with Crippen LogP contribution in [-0.2, 0) is 6.42 Å². The van der Waals surface area contributed by atoms with E-state index in [1.807, 2.05) is 31.2 Å². The van der Waals surface area contributed by atoms with Crippen LogP contribution in [0.3, 0.4) is 0 Å². The van der Waals surface area contributed by atoms with Crippen molar-refractivity contribution in [1.29, 1.82) is 0 Å². The average molecular weight is 390 g/mol. The lowest BCUT2D eigenvalue weighted by Gasteiger charge is -2.12. The zero-order valence-electron chi connectivity index (χ0n) is 10.3. The van der Waals surface area contributed by atoms with Gasteiger partial charge in [-0.2, -0.15) is 0 Å². The van der Waals surface area contributed by atoms with E-state index in [0.717, 1.165) is 17.2 Å². The Bertz CT molecular complexity index is 597. The van der Waals surface area contributed by atoms with E-state index in [2.05, 4.69) is 31.9 Å². The summed E-state index contributed by atoms with van der Waals surface area (Å²) in [5.74, 6) is -0.868. The van der Waals surface area contributed by atoms with Gasteiger partial charge in [0, 0.05) is 10.4 Å². The molecule has 0 saturated heterocycles. The first-order valence-corrected chi connectivity index (χ1v) is 7.52. The van der Waals surface area contributed by atoms with Gasteiger partial charge in [-0.05, 0) is 47.0 Å². The van der Waals surface area contributed by atoms with Crippen LogP contribution in [0.5, 0.6) is 0 Å². The molecule has 0 amide bonds. The molecule has 2 aromatic rings. The Balaban J connectivity index is 2.25. The second-order valence-corrected chi connectivity index (χ2v) is 6.41. The molecule has 19 heavy (non-hydrogen) atoms. The smallest absolute Gasteiger partial charge is 0.137 e. The van der Waals surface area contributed by atoms with E-state index in [1.165, 1.54) is 6.07 Å². The van der Waals surface area contributed by atoms with Gasteiger partial charge in [0.1, 0.15) is 11.6 Å². The summed E-state index contributed by atoms with van der Waals surface area (Å²) in [6.45, 7) is 2.01. The topological polar surface area (TPSA) is 0 Å². The van der Waals surface area contributed by atoms with E-state index >= 15 is 0 Å². The lowest BCUT2D eigenvalue weighted by Crippen LogP contribution is -2.00. The summed E-state index contributed by atoms with van der Waals surface area (Å²) in [6, 6.07) is 10.4. The van der Waals surface area contributed by atoms with Gasteiger partial charge in [-0.25, -0.2) is 8.78 Å². The number of benzene rings is 2. The second-order valence-electron chi connectivity index (χ2n) is 4.45. The van der Waals surface area contributed by atoms with E-state index < -0.39 is 11.6 Å². The summed E-state index contributed by atoms with van der Waals surface area (Å²) in [5, 5.41) is 0. The van der Waals surface area contributed by atoms with Crippen molar-refractivity contribution >= 4 is 31.9 Å². The maximum absolute atomic E-state index is 13.8. The Labute approximate surface area is 128 Å². The molecule has 0 heterocycles. The highest BCUT2D eigenvalue weighted by Crippen LogP contribution is 2.32. The second kappa shape index (κ2) is 6.14. The summed E-state index contributed by atoms with van der Waals surface area (Å²) >= 11 is 6.41. The van der Waals surface area contributed by atoms with Gasteiger partial charge in [0.15, 0.2) is 0 Å². The van der Waals surface area contributed by atoms with Crippen LogP contribution in [0.1, 0.15) is 21.5 Å². The Kier molecular flexibility index (Phi) is 4.74. The molecule has 0 fully saturated rings. The SMILES string of the molecule is Cc1cccc(CC(Br)c2cc(F)c(Br)cc2F)c1. The van der Waals surface area contributed by atoms with Crippen LogP contribution in [0.15, 0.2) is 40.9 Å². The molecule has 0 N–H and O–H groups in total. The van der Waals surface area contributed by atoms with Crippen molar-refractivity contribution in [3.63, 3.8) is 0 Å². The Morgan fingerprint density at radius 3 is 2.53 bits per heavy atom. The quantitative estimate of drug-likeness (QED) is 0.465. The van der Waals surface area contributed by atoms with Gasteiger partial charge in [0.25, 0.3) is 0 Å². The molecule has 0 aromatic heterocycles. The number of hydrogen-bond acceptors (Lipinski definition) is 0. The first-order valence-electron chi connectivity index (χ1n) is 5.81. The van der Waals surface area contributed by atoms with Crippen molar-refractivity contribution in [2.45, 2.75) is 18.2 Å². The van der Waals surface area contributed by atoms with Crippen LogP contribution < -0.4 is 0 Å². The predicted octanol–water partition coefficient (Wildman–Crippen LogP) is 5.71. The molecule has 0 nitrogen and oxygen atoms in total. The monoisotopic (exact) mass is 388 g/mol. The molecule has 2 aromatic carbocycles. The minimum Gasteiger partial charge on any atom is -0.207 e. The van der Waals surface area contributed by atoms with Crippen LogP contribution >= 0.6 is 31.9 Å². The molecule has 0 aliphatic rings. The lowest BCUT2D eigenvalue weighted by atomic mass is 10.0. The fraction of sp³-hybridized carbons (Fsp3) is 0.200. The minimum atomic E-state index is -0.454. The molecule has 4 heteroatoms. The van der Waals surface area contributed by atoms with E-state index in [-0.39, 0.29) is 9.30 Å². The Hall–Kier alpha value is -0.740. The molecule has 2 rings (SSSR count). The molecule has 1 unspecified atom stereocenters. The van der Waals surface area contributed by atoms with Gasteiger partial charge in [0.05, 0.1) is 4.47 Å². The van der Waals surface area contributed by atoms with Crippen LogP contribution in [0.2, 0.25) is 0 Å². The highest BCUT2D eigenvalue weighted by molar-refractivity contribution is 9.10. The summed E-state index contributed by atoms with van der Waals surface area (Å²) < 4.78 is 27.5. The average Bonchev–Trinajstić information content (AvgIpc) is 2.33. The summed E-state index contributed by atoms with van der Waals surface area (Å²) in [5.41, 5.74) is 2.58. The van der Waals surface area contributed by atoms with Crippen LogP contribution in [-0.4, -0.2) is 0 Å². The summed E-state index contributed by atoms with van der Waals surface area (Å²) in [6.07, 6.45) is 0.611. The third-order valence-electron chi connectivity index (χ3n) is 2.87. The standard InChI is InChI=1S/C15H12Br2F2/c1-9-3-2-4-10(5-9)6-12(16)11-7-15(19)13(17)8-14(11)18/h2-5,7-8,12H,6H2,1H3. The van der Waals surface area contributed by atoms with Crippen molar-refractivity contribution in [3.8, 4) is 0 Å². The van der Waals surface area contributed by atoms with Gasteiger partial charge >= 0.3 is 0 Å². The Morgan fingerprint density at radius 2 is 1.84 bits per heavy atom. The molecule has 0 radical (unpaired) electrons. The first kappa shape index (κ1) is 14.7. The van der Waals surface area contributed by atoms with Gasteiger partial charge in [-0.3, -0.25) is 0 Å². The maximum Gasteiger partial charge on any atom is 0.137 e. The van der Waals surface area contributed by atoms with Gasteiger partial charge < -0.3 is 0 Å². The fourth-order valence-electron chi connectivity index (χ4n) is 1.93. The highest BCUT2D eigenvalue weighted by Gasteiger charge is 2.16. The van der Waals surface area contributed by atoms with Gasteiger partial charge in [-0.1, -0.05) is 45.8 Å². The third kappa shape index (κ3) is 3.63. The van der Waals surface area contributed by atoms with Crippen molar-refractivity contribution in [2.75, 3.05) is 0 Å². The first-order chi connectivity index (χ1) is 8.97. The number of rotatable bonds is 3. The van der Waals surface area contributed by atoms with Crippen molar-refractivity contribution in [2.24, 2.45) is 0 Å². The lowest BCUT2D eigenvalue weighted by molar-refractivity contribution is 0.579. The largest absolute Gasteiger partial charge is 0.207 e. The van der Waals surface area contributed by atoms with Crippen LogP contribution in [0, 0.1) is 18.6 Å². The molecule has 1 atom stereocenters. The summed E-state index contributed by atoms with van der Waals surface area (Å²) in [7, 11) is 0. The predicted molar refractivity (Wildman–Crippen MR) is 80.6 cm³/mol. The third-order valence-corrected chi connectivity index (χ3v) is 4.30. The van der Waals surface area contributed by atoms with E-state index in [1.54, 1.807) is 0 Å². The summed E-state index contributed by atoms with van der Waals surface area (Å²) in [4.78, 5) is -0.253. The number of halogens is 4. The normalized spacial score (nSPS) is 12.5. The molecule has 100 valence electrons. The van der Waals surface area contributed by atoms with Crippen LogP contribution in [0.25, 0.3) is 0 Å². The van der Waals surface area contributed by atoms with E-state index in [4.69, 9.17) is 0 Å². The van der Waals surface area contributed by atoms with Crippen molar-refractivity contribution < 1.29 is 8.78 Å². The van der Waals surface area contributed by atoms with Crippen molar-refractivity contribution in [1.82, 2.24) is 0 Å². The molecular weight excluding hydrogens is 378 g/mol. The molecule has 0 aliphatic heterocycles. The molecular formula is C15H12Br2F2. The molecule has 0 bridgehead atoms. The minimum absolute atomic E-state index is 0.143. The fourth-order valence-corrected chi connectivity index (χ4v) is 2.97.